The highest BCUT2D eigenvalue weighted by Crippen LogP contribution is 2.18. The molecule has 0 aromatic carbocycles. The van der Waals surface area contributed by atoms with E-state index in [1.807, 2.05) is 0 Å². The molecule has 4 heteroatoms. The van der Waals surface area contributed by atoms with E-state index in [4.69, 9.17) is 0 Å². The third kappa shape index (κ3) is 2.32. The third-order valence-corrected chi connectivity index (χ3v) is 3.35. The Hall–Kier alpha value is -1.16. The molecule has 2 rings (SSSR count). The standard InChI is InChI=1S/C12H18N2O2/c1-9-7-11(15)14(12(9)16)6-4-10-3-2-5-13-8-10/h7,10,13H,2-6,8H2,1H3. The van der Waals surface area contributed by atoms with Crippen LogP contribution in [-0.2, 0) is 9.59 Å². The highest BCUT2D eigenvalue weighted by Gasteiger charge is 2.28. The van der Waals surface area contributed by atoms with Crippen LogP contribution < -0.4 is 5.32 Å². The highest BCUT2D eigenvalue weighted by molar-refractivity contribution is 6.15. The highest BCUT2D eigenvalue weighted by atomic mass is 16.2. The van der Waals surface area contributed by atoms with Crippen molar-refractivity contribution in [2.45, 2.75) is 26.2 Å². The van der Waals surface area contributed by atoms with Crippen molar-refractivity contribution in [3.05, 3.63) is 11.6 Å². The van der Waals surface area contributed by atoms with Crippen molar-refractivity contribution in [1.29, 1.82) is 0 Å². The maximum Gasteiger partial charge on any atom is 0.256 e. The number of imide groups is 1. The number of nitrogens with one attached hydrogen (secondary N) is 1. The zero-order valence-electron chi connectivity index (χ0n) is 9.66. The number of carbonyl (C=O) groups excluding carboxylic acids is 2. The fraction of sp³-hybridized carbons (Fsp3) is 0.667. The van der Waals surface area contributed by atoms with E-state index in [0.29, 0.717) is 18.0 Å². The molecule has 1 atom stereocenters. The Morgan fingerprint density at radius 1 is 1.50 bits per heavy atom. The van der Waals surface area contributed by atoms with Crippen molar-refractivity contribution in [2.75, 3.05) is 19.6 Å². The molecule has 1 fully saturated rings. The van der Waals surface area contributed by atoms with Gasteiger partial charge in [-0.2, -0.15) is 0 Å². The Labute approximate surface area is 95.7 Å². The van der Waals surface area contributed by atoms with Crippen molar-refractivity contribution < 1.29 is 9.59 Å². The van der Waals surface area contributed by atoms with Gasteiger partial charge in [0, 0.05) is 18.2 Å². The molecule has 2 aliphatic heterocycles. The molecule has 0 aliphatic carbocycles. The van der Waals surface area contributed by atoms with Crippen molar-refractivity contribution in [2.24, 2.45) is 5.92 Å². The number of nitrogens with zero attached hydrogens (tertiary/aromatic N) is 1. The van der Waals surface area contributed by atoms with Crippen LogP contribution in [0.2, 0.25) is 0 Å². The number of hydrogen-bond acceptors (Lipinski definition) is 3. The van der Waals surface area contributed by atoms with Crippen LogP contribution in [0.4, 0.5) is 0 Å². The van der Waals surface area contributed by atoms with E-state index in [1.165, 1.54) is 23.8 Å². The predicted molar refractivity (Wildman–Crippen MR) is 60.7 cm³/mol. The summed E-state index contributed by atoms with van der Waals surface area (Å²) < 4.78 is 0. The van der Waals surface area contributed by atoms with Crippen LogP contribution in [0, 0.1) is 5.92 Å². The Morgan fingerprint density at radius 2 is 2.31 bits per heavy atom. The first-order chi connectivity index (χ1) is 7.68. The Morgan fingerprint density at radius 3 is 2.88 bits per heavy atom. The maximum absolute atomic E-state index is 11.6. The molecule has 0 bridgehead atoms. The van der Waals surface area contributed by atoms with Crippen LogP contribution in [0.3, 0.4) is 0 Å². The summed E-state index contributed by atoms with van der Waals surface area (Å²) in [5.74, 6) is 0.343. The van der Waals surface area contributed by atoms with Gasteiger partial charge in [-0.1, -0.05) is 0 Å². The van der Waals surface area contributed by atoms with Crippen LogP contribution >= 0.6 is 0 Å². The van der Waals surface area contributed by atoms with E-state index in [1.54, 1.807) is 6.92 Å². The fourth-order valence-electron chi connectivity index (χ4n) is 2.33. The van der Waals surface area contributed by atoms with Crippen molar-refractivity contribution >= 4 is 11.8 Å². The first kappa shape index (κ1) is 11.3. The van der Waals surface area contributed by atoms with Crippen molar-refractivity contribution in [1.82, 2.24) is 10.2 Å². The second-order valence-corrected chi connectivity index (χ2v) is 4.62. The summed E-state index contributed by atoms with van der Waals surface area (Å²) in [7, 11) is 0. The molecule has 2 amide bonds. The van der Waals surface area contributed by atoms with Crippen LogP contribution in [0.15, 0.2) is 11.6 Å². The lowest BCUT2D eigenvalue weighted by atomic mass is 9.96. The first-order valence-electron chi connectivity index (χ1n) is 5.93. The van der Waals surface area contributed by atoms with Crippen LogP contribution in [-0.4, -0.2) is 36.3 Å². The molecule has 0 spiro atoms. The molecule has 0 radical (unpaired) electrons. The van der Waals surface area contributed by atoms with E-state index < -0.39 is 0 Å². The molecule has 1 saturated heterocycles. The lowest BCUT2D eigenvalue weighted by Gasteiger charge is -2.24. The molecule has 1 unspecified atom stereocenters. The molecule has 0 aromatic heterocycles. The second kappa shape index (κ2) is 4.78. The molecular weight excluding hydrogens is 204 g/mol. The zero-order valence-corrected chi connectivity index (χ0v) is 9.66. The van der Waals surface area contributed by atoms with Gasteiger partial charge in [0.05, 0.1) is 0 Å². The smallest absolute Gasteiger partial charge is 0.256 e. The monoisotopic (exact) mass is 222 g/mol. The topological polar surface area (TPSA) is 49.4 Å². The third-order valence-electron chi connectivity index (χ3n) is 3.35. The van der Waals surface area contributed by atoms with Crippen LogP contribution in [0.25, 0.3) is 0 Å². The second-order valence-electron chi connectivity index (χ2n) is 4.62. The SMILES string of the molecule is CC1=CC(=O)N(CCC2CCCNC2)C1=O. The van der Waals surface area contributed by atoms with E-state index >= 15 is 0 Å². The molecule has 16 heavy (non-hydrogen) atoms. The number of rotatable bonds is 3. The zero-order chi connectivity index (χ0) is 11.5. The van der Waals surface area contributed by atoms with Gasteiger partial charge >= 0.3 is 0 Å². The van der Waals surface area contributed by atoms with Gasteiger partial charge in [0.15, 0.2) is 0 Å². The van der Waals surface area contributed by atoms with Gasteiger partial charge in [-0.3, -0.25) is 14.5 Å². The average molecular weight is 222 g/mol. The number of amides is 2. The summed E-state index contributed by atoms with van der Waals surface area (Å²) in [5, 5.41) is 3.34. The molecule has 2 heterocycles. The molecule has 0 saturated carbocycles. The number of piperidine rings is 1. The van der Waals surface area contributed by atoms with Crippen molar-refractivity contribution in [3.8, 4) is 0 Å². The van der Waals surface area contributed by atoms with Gasteiger partial charge in [-0.25, -0.2) is 0 Å². The quantitative estimate of drug-likeness (QED) is 0.715. The van der Waals surface area contributed by atoms with Crippen LogP contribution in [0.5, 0.6) is 0 Å². The van der Waals surface area contributed by atoms with Gasteiger partial charge in [0.2, 0.25) is 0 Å². The number of carbonyl (C=O) groups is 2. The predicted octanol–water partition coefficient (Wildman–Crippen LogP) is 0.691. The van der Waals surface area contributed by atoms with Gasteiger partial charge in [-0.05, 0) is 45.2 Å². The Bertz CT molecular complexity index is 330. The maximum atomic E-state index is 11.6. The lowest BCUT2D eigenvalue weighted by Crippen LogP contribution is -2.36. The van der Waals surface area contributed by atoms with E-state index in [-0.39, 0.29) is 11.8 Å². The van der Waals surface area contributed by atoms with E-state index in [0.717, 1.165) is 19.5 Å². The van der Waals surface area contributed by atoms with Gasteiger partial charge in [0.1, 0.15) is 0 Å². The molecular formula is C12H18N2O2. The van der Waals surface area contributed by atoms with Crippen molar-refractivity contribution in [3.63, 3.8) is 0 Å². The summed E-state index contributed by atoms with van der Waals surface area (Å²) in [6, 6.07) is 0. The minimum absolute atomic E-state index is 0.117. The molecule has 0 aromatic rings. The molecule has 2 aliphatic rings. The minimum atomic E-state index is -0.147. The molecule has 1 N–H and O–H groups in total. The van der Waals surface area contributed by atoms with E-state index in [9.17, 15) is 9.59 Å². The fourth-order valence-corrected chi connectivity index (χ4v) is 2.33. The van der Waals surface area contributed by atoms with Gasteiger partial charge < -0.3 is 5.32 Å². The first-order valence-corrected chi connectivity index (χ1v) is 5.93. The van der Waals surface area contributed by atoms with Gasteiger partial charge in [0.25, 0.3) is 11.8 Å². The summed E-state index contributed by atoms with van der Waals surface area (Å²) >= 11 is 0. The molecule has 88 valence electrons. The summed E-state index contributed by atoms with van der Waals surface area (Å²) in [5.41, 5.74) is 0.562. The lowest BCUT2D eigenvalue weighted by molar-refractivity contribution is -0.137. The van der Waals surface area contributed by atoms with Gasteiger partial charge in [-0.15, -0.1) is 0 Å². The Kier molecular flexibility index (Phi) is 3.39. The molecule has 4 nitrogen and oxygen atoms in total. The largest absolute Gasteiger partial charge is 0.316 e. The normalized spacial score (nSPS) is 26.2. The number of hydrogen-bond donors (Lipinski definition) is 1. The summed E-state index contributed by atoms with van der Waals surface area (Å²) in [4.78, 5) is 24.5. The Balaban J connectivity index is 1.82. The van der Waals surface area contributed by atoms with Crippen LogP contribution in [0.1, 0.15) is 26.2 Å². The summed E-state index contributed by atoms with van der Waals surface area (Å²) in [6.07, 6.45) is 4.76. The minimum Gasteiger partial charge on any atom is -0.316 e. The van der Waals surface area contributed by atoms with E-state index in [2.05, 4.69) is 5.32 Å². The average Bonchev–Trinajstić information content (AvgIpc) is 2.53. The summed E-state index contributed by atoms with van der Waals surface area (Å²) in [6.45, 7) is 4.38.